The highest BCUT2D eigenvalue weighted by Crippen LogP contribution is 2.30. The van der Waals surface area contributed by atoms with Crippen LogP contribution >= 0.6 is 34.7 Å². The molecular formula is C16H18Cl2N4O2S. The van der Waals surface area contributed by atoms with E-state index in [4.69, 9.17) is 23.2 Å². The second-order valence-electron chi connectivity index (χ2n) is 5.19. The monoisotopic (exact) mass is 400 g/mol. The minimum absolute atomic E-state index is 0.116. The van der Waals surface area contributed by atoms with Crippen molar-refractivity contribution in [3.05, 3.63) is 39.5 Å². The van der Waals surface area contributed by atoms with E-state index < -0.39 is 0 Å². The topological polar surface area (TPSA) is 74.3 Å². The Hall–Kier alpha value is -1.83. The molecule has 0 saturated carbocycles. The lowest BCUT2D eigenvalue weighted by Crippen LogP contribution is -2.38. The van der Waals surface area contributed by atoms with Crippen molar-refractivity contribution >= 4 is 57.2 Å². The number of benzene rings is 1. The van der Waals surface area contributed by atoms with Crippen LogP contribution in [0.1, 0.15) is 23.0 Å². The molecule has 9 heteroatoms. The van der Waals surface area contributed by atoms with Gasteiger partial charge in [0.25, 0.3) is 5.91 Å². The van der Waals surface area contributed by atoms with Gasteiger partial charge in [-0.2, -0.15) is 4.37 Å². The van der Waals surface area contributed by atoms with Crippen LogP contribution in [-0.4, -0.2) is 41.2 Å². The van der Waals surface area contributed by atoms with Gasteiger partial charge < -0.3 is 15.5 Å². The quantitative estimate of drug-likeness (QED) is 0.770. The van der Waals surface area contributed by atoms with Crippen LogP contribution in [0.2, 0.25) is 10.0 Å². The third-order valence-corrected chi connectivity index (χ3v) is 5.12. The normalized spacial score (nSPS) is 10.4. The third-order valence-electron chi connectivity index (χ3n) is 3.53. The molecule has 0 aliphatic rings. The SMILES string of the molecule is CCN(CC(=O)Nc1c(Cl)cccc1Cl)C(=O)c1c(C)nsc1NC. The highest BCUT2D eigenvalue weighted by molar-refractivity contribution is 7.10. The Morgan fingerprint density at radius 1 is 1.28 bits per heavy atom. The van der Waals surface area contributed by atoms with Crippen molar-refractivity contribution in [2.24, 2.45) is 0 Å². The van der Waals surface area contributed by atoms with E-state index in [1.807, 2.05) is 6.92 Å². The molecule has 1 aromatic carbocycles. The van der Waals surface area contributed by atoms with Crippen LogP contribution in [0, 0.1) is 6.92 Å². The lowest BCUT2D eigenvalue weighted by atomic mass is 10.2. The number of aryl methyl sites for hydroxylation is 1. The molecule has 2 rings (SSSR count). The van der Waals surface area contributed by atoms with Crippen molar-refractivity contribution in [3.8, 4) is 0 Å². The molecule has 25 heavy (non-hydrogen) atoms. The molecule has 2 aromatic rings. The molecular weight excluding hydrogens is 383 g/mol. The average Bonchev–Trinajstić information content (AvgIpc) is 2.96. The number of hydrogen-bond donors (Lipinski definition) is 2. The van der Waals surface area contributed by atoms with Gasteiger partial charge in [-0.3, -0.25) is 9.59 Å². The molecule has 134 valence electrons. The Balaban J connectivity index is 2.15. The fourth-order valence-electron chi connectivity index (χ4n) is 2.25. The van der Waals surface area contributed by atoms with Crippen LogP contribution in [0.25, 0.3) is 0 Å². The number of halogens is 2. The van der Waals surface area contributed by atoms with Crippen LogP contribution in [0.15, 0.2) is 18.2 Å². The van der Waals surface area contributed by atoms with Gasteiger partial charge in [0.1, 0.15) is 11.5 Å². The van der Waals surface area contributed by atoms with Crippen molar-refractivity contribution in [3.63, 3.8) is 0 Å². The van der Waals surface area contributed by atoms with Gasteiger partial charge in [-0.1, -0.05) is 29.3 Å². The first kappa shape index (κ1) is 19.5. The number of amides is 2. The molecule has 0 spiro atoms. The number of hydrogen-bond acceptors (Lipinski definition) is 5. The van der Waals surface area contributed by atoms with Crippen molar-refractivity contribution < 1.29 is 9.59 Å². The first-order chi connectivity index (χ1) is 11.9. The predicted octanol–water partition coefficient (Wildman–Crippen LogP) is 3.90. The van der Waals surface area contributed by atoms with E-state index in [1.54, 1.807) is 32.2 Å². The number of likely N-dealkylation sites (N-methyl/N-ethyl adjacent to an activating group) is 1. The smallest absolute Gasteiger partial charge is 0.259 e. The summed E-state index contributed by atoms with van der Waals surface area (Å²) in [6.45, 7) is 3.83. The van der Waals surface area contributed by atoms with E-state index in [0.717, 1.165) is 0 Å². The van der Waals surface area contributed by atoms with Crippen molar-refractivity contribution in [2.75, 3.05) is 30.8 Å². The maximum absolute atomic E-state index is 12.8. The van der Waals surface area contributed by atoms with Gasteiger partial charge in [-0.25, -0.2) is 0 Å². The van der Waals surface area contributed by atoms with Gasteiger partial charge >= 0.3 is 0 Å². The highest BCUT2D eigenvalue weighted by Gasteiger charge is 2.24. The molecule has 0 atom stereocenters. The first-order valence-electron chi connectivity index (χ1n) is 7.56. The number of carbonyl (C=O) groups excluding carboxylic acids is 2. The number of carbonyl (C=O) groups is 2. The zero-order valence-corrected chi connectivity index (χ0v) is 16.3. The number of rotatable bonds is 6. The molecule has 0 unspecified atom stereocenters. The summed E-state index contributed by atoms with van der Waals surface area (Å²) in [6, 6.07) is 4.95. The Morgan fingerprint density at radius 2 is 1.92 bits per heavy atom. The van der Waals surface area contributed by atoms with Crippen molar-refractivity contribution in [2.45, 2.75) is 13.8 Å². The average molecular weight is 401 g/mol. The minimum Gasteiger partial charge on any atom is -0.378 e. The Bertz CT molecular complexity index is 774. The summed E-state index contributed by atoms with van der Waals surface area (Å²) in [5.41, 5.74) is 1.45. The fourth-order valence-corrected chi connectivity index (χ4v) is 3.48. The van der Waals surface area contributed by atoms with E-state index in [9.17, 15) is 9.59 Å². The predicted molar refractivity (Wildman–Crippen MR) is 103 cm³/mol. The summed E-state index contributed by atoms with van der Waals surface area (Å²) < 4.78 is 4.19. The molecule has 6 nitrogen and oxygen atoms in total. The van der Waals surface area contributed by atoms with E-state index in [0.29, 0.717) is 38.5 Å². The summed E-state index contributed by atoms with van der Waals surface area (Å²) in [4.78, 5) is 26.6. The summed E-state index contributed by atoms with van der Waals surface area (Å²) >= 11 is 13.3. The Kier molecular flexibility index (Phi) is 6.64. The van der Waals surface area contributed by atoms with Crippen molar-refractivity contribution in [1.29, 1.82) is 0 Å². The Morgan fingerprint density at radius 3 is 2.48 bits per heavy atom. The minimum atomic E-state index is -0.378. The van der Waals surface area contributed by atoms with E-state index >= 15 is 0 Å². The zero-order valence-electron chi connectivity index (χ0n) is 14.0. The number of nitrogens with one attached hydrogen (secondary N) is 2. The molecule has 0 bridgehead atoms. The van der Waals surface area contributed by atoms with Crippen LogP contribution in [-0.2, 0) is 4.79 Å². The highest BCUT2D eigenvalue weighted by atomic mass is 35.5. The van der Waals surface area contributed by atoms with Gasteiger partial charge in [0.15, 0.2) is 0 Å². The summed E-state index contributed by atoms with van der Waals surface area (Å²) in [5, 5.41) is 6.97. The third kappa shape index (κ3) is 4.42. The van der Waals surface area contributed by atoms with Crippen LogP contribution < -0.4 is 10.6 Å². The molecule has 0 aliphatic heterocycles. The Labute approximate surface area is 160 Å². The second kappa shape index (κ2) is 8.51. The largest absolute Gasteiger partial charge is 0.378 e. The lowest BCUT2D eigenvalue weighted by Gasteiger charge is -2.21. The molecule has 1 heterocycles. The zero-order chi connectivity index (χ0) is 18.6. The lowest BCUT2D eigenvalue weighted by molar-refractivity contribution is -0.116. The van der Waals surface area contributed by atoms with E-state index in [1.165, 1.54) is 16.4 Å². The molecule has 0 aliphatic carbocycles. The molecule has 1 aromatic heterocycles. The maximum atomic E-state index is 12.8. The standard InChI is InChI=1S/C16H18Cl2N4O2S/c1-4-22(16(24)13-9(2)21-25-15(13)19-3)8-12(23)20-14-10(17)6-5-7-11(14)18/h5-7,19H,4,8H2,1-3H3,(H,20,23). The molecule has 0 radical (unpaired) electrons. The molecule has 0 saturated heterocycles. The molecule has 2 amide bonds. The second-order valence-corrected chi connectivity index (χ2v) is 6.77. The van der Waals surface area contributed by atoms with E-state index in [2.05, 4.69) is 15.0 Å². The maximum Gasteiger partial charge on any atom is 0.259 e. The summed E-state index contributed by atoms with van der Waals surface area (Å²) in [6.07, 6.45) is 0. The number of nitrogens with zero attached hydrogens (tertiary/aromatic N) is 2. The molecule has 2 N–H and O–H groups in total. The van der Waals surface area contributed by atoms with Gasteiger partial charge in [0.2, 0.25) is 5.91 Å². The number of anilines is 2. The van der Waals surface area contributed by atoms with E-state index in [-0.39, 0.29) is 18.4 Å². The summed E-state index contributed by atoms with van der Waals surface area (Å²) in [7, 11) is 1.73. The van der Waals surface area contributed by atoms with Crippen molar-refractivity contribution in [1.82, 2.24) is 9.27 Å². The van der Waals surface area contributed by atoms with Gasteiger partial charge in [-0.05, 0) is 37.5 Å². The number of para-hydroxylation sites is 1. The van der Waals surface area contributed by atoms with Crippen LogP contribution in [0.4, 0.5) is 10.7 Å². The first-order valence-corrected chi connectivity index (χ1v) is 9.09. The fraction of sp³-hybridized carbons (Fsp3) is 0.312. The summed E-state index contributed by atoms with van der Waals surface area (Å²) in [5.74, 6) is -0.629. The molecule has 0 fully saturated rings. The van der Waals surface area contributed by atoms with Crippen LogP contribution in [0.5, 0.6) is 0 Å². The van der Waals surface area contributed by atoms with Gasteiger partial charge in [-0.15, -0.1) is 0 Å². The number of aromatic nitrogens is 1. The van der Waals surface area contributed by atoms with Gasteiger partial charge in [0, 0.05) is 13.6 Å². The van der Waals surface area contributed by atoms with Gasteiger partial charge in [0.05, 0.1) is 27.0 Å². The van der Waals surface area contributed by atoms with Crippen LogP contribution in [0.3, 0.4) is 0 Å².